The molecule has 2 heteroatoms. The van der Waals surface area contributed by atoms with Crippen molar-refractivity contribution in [2.24, 2.45) is 17.8 Å². The number of carbonyl (C=O) groups excluding carboxylic acids is 1. The van der Waals surface area contributed by atoms with E-state index in [9.17, 15) is 9.90 Å². The van der Waals surface area contributed by atoms with Crippen LogP contribution in [0.3, 0.4) is 0 Å². The number of aldehydes is 1. The maximum absolute atomic E-state index is 11.1. The van der Waals surface area contributed by atoms with E-state index >= 15 is 0 Å². The molecule has 0 aromatic heterocycles. The standard InChI is InChI=1S/C15H22O2/c1-9(2)12-5-4-11(8-16)13-7-15(17)10(3)6-14(12)13/h6,8-9,12,14-15,17H,4-5,7H2,1-3H3/t12-,14-,15+/m0/s1. The SMILES string of the molecule is CC1=C[C@@H]2C(=C(C=O)CC[C@H]2C(C)C)C[C@H]1O. The summed E-state index contributed by atoms with van der Waals surface area (Å²) in [6.45, 7) is 6.50. The third-order valence-electron chi connectivity index (χ3n) is 4.40. The van der Waals surface area contributed by atoms with Crippen LogP contribution in [0.5, 0.6) is 0 Å². The number of allylic oxidation sites excluding steroid dienone is 2. The summed E-state index contributed by atoms with van der Waals surface area (Å²) in [5, 5.41) is 9.94. The van der Waals surface area contributed by atoms with Gasteiger partial charge in [0.25, 0.3) is 0 Å². The molecule has 0 saturated heterocycles. The molecule has 0 fully saturated rings. The van der Waals surface area contributed by atoms with Crippen molar-refractivity contribution in [1.29, 1.82) is 0 Å². The van der Waals surface area contributed by atoms with Gasteiger partial charge < -0.3 is 5.11 Å². The molecule has 0 amide bonds. The van der Waals surface area contributed by atoms with Crippen molar-refractivity contribution in [3.63, 3.8) is 0 Å². The normalized spacial score (nSPS) is 33.5. The summed E-state index contributed by atoms with van der Waals surface area (Å²) in [6, 6.07) is 0. The van der Waals surface area contributed by atoms with Crippen LogP contribution in [0.1, 0.15) is 40.0 Å². The van der Waals surface area contributed by atoms with Gasteiger partial charge in [-0.15, -0.1) is 0 Å². The zero-order valence-electron chi connectivity index (χ0n) is 10.9. The van der Waals surface area contributed by atoms with Crippen LogP contribution in [0.2, 0.25) is 0 Å². The Hall–Kier alpha value is -0.890. The van der Waals surface area contributed by atoms with Crippen LogP contribution >= 0.6 is 0 Å². The summed E-state index contributed by atoms with van der Waals surface area (Å²) in [5.74, 6) is 1.63. The Bertz CT molecular complexity index is 376. The van der Waals surface area contributed by atoms with Crippen molar-refractivity contribution in [3.05, 3.63) is 22.8 Å². The molecule has 0 bridgehead atoms. The molecule has 0 saturated carbocycles. The molecule has 2 aliphatic carbocycles. The van der Waals surface area contributed by atoms with Crippen molar-refractivity contribution in [2.45, 2.75) is 46.1 Å². The fraction of sp³-hybridized carbons (Fsp3) is 0.667. The van der Waals surface area contributed by atoms with Crippen molar-refractivity contribution in [2.75, 3.05) is 0 Å². The topological polar surface area (TPSA) is 37.3 Å². The first kappa shape index (κ1) is 12.6. The Balaban J connectivity index is 2.41. The smallest absolute Gasteiger partial charge is 0.146 e. The maximum atomic E-state index is 11.1. The molecule has 0 unspecified atom stereocenters. The number of carbonyl (C=O) groups is 1. The number of aliphatic hydroxyl groups excluding tert-OH is 1. The molecular formula is C15H22O2. The molecule has 0 heterocycles. The lowest BCUT2D eigenvalue weighted by Crippen LogP contribution is -2.31. The van der Waals surface area contributed by atoms with Gasteiger partial charge in [0.15, 0.2) is 0 Å². The first-order valence-corrected chi connectivity index (χ1v) is 6.58. The van der Waals surface area contributed by atoms with Gasteiger partial charge in [0.05, 0.1) is 6.10 Å². The van der Waals surface area contributed by atoms with E-state index < -0.39 is 0 Å². The molecule has 0 aliphatic heterocycles. The summed E-state index contributed by atoms with van der Waals surface area (Å²) in [7, 11) is 0. The predicted octanol–water partition coefficient (Wildman–Crippen LogP) is 2.88. The number of rotatable bonds is 2. The van der Waals surface area contributed by atoms with Crippen molar-refractivity contribution >= 4 is 6.29 Å². The molecule has 0 radical (unpaired) electrons. The van der Waals surface area contributed by atoms with Gasteiger partial charge in [-0.1, -0.05) is 25.5 Å². The molecule has 0 aromatic rings. The molecule has 2 rings (SSSR count). The number of hydrogen-bond donors (Lipinski definition) is 1. The predicted molar refractivity (Wildman–Crippen MR) is 68.5 cm³/mol. The van der Waals surface area contributed by atoms with Gasteiger partial charge in [-0.3, -0.25) is 4.79 Å². The van der Waals surface area contributed by atoms with Gasteiger partial charge in [0.1, 0.15) is 6.29 Å². The average Bonchev–Trinajstić information content (AvgIpc) is 2.29. The Kier molecular flexibility index (Phi) is 3.53. The zero-order valence-corrected chi connectivity index (χ0v) is 10.9. The van der Waals surface area contributed by atoms with Gasteiger partial charge >= 0.3 is 0 Å². The van der Waals surface area contributed by atoms with Crippen molar-refractivity contribution < 1.29 is 9.90 Å². The first-order valence-electron chi connectivity index (χ1n) is 6.58. The third-order valence-corrected chi connectivity index (χ3v) is 4.40. The number of aliphatic hydroxyl groups is 1. The Morgan fingerprint density at radius 3 is 2.76 bits per heavy atom. The largest absolute Gasteiger partial charge is 0.388 e. The minimum atomic E-state index is -0.387. The van der Waals surface area contributed by atoms with Crippen LogP contribution in [0.25, 0.3) is 0 Å². The minimum Gasteiger partial charge on any atom is -0.388 e. The summed E-state index contributed by atoms with van der Waals surface area (Å²) in [4.78, 5) is 11.1. The van der Waals surface area contributed by atoms with Crippen molar-refractivity contribution in [3.8, 4) is 0 Å². The molecule has 3 atom stereocenters. The summed E-state index contributed by atoms with van der Waals surface area (Å²) >= 11 is 0. The van der Waals surface area contributed by atoms with Crippen LogP contribution < -0.4 is 0 Å². The first-order chi connectivity index (χ1) is 8.04. The molecule has 94 valence electrons. The summed E-state index contributed by atoms with van der Waals surface area (Å²) in [5.41, 5.74) is 3.20. The van der Waals surface area contributed by atoms with Crippen LogP contribution in [-0.4, -0.2) is 17.5 Å². The number of hydrogen-bond acceptors (Lipinski definition) is 2. The molecule has 1 N–H and O–H groups in total. The van der Waals surface area contributed by atoms with E-state index in [0.29, 0.717) is 24.2 Å². The van der Waals surface area contributed by atoms with E-state index in [-0.39, 0.29) is 6.10 Å². The molecular weight excluding hydrogens is 212 g/mol. The molecule has 2 aliphatic rings. The van der Waals surface area contributed by atoms with Gasteiger partial charge in [-0.2, -0.15) is 0 Å². The van der Waals surface area contributed by atoms with Gasteiger partial charge in [-0.05, 0) is 49.2 Å². The van der Waals surface area contributed by atoms with Crippen LogP contribution in [-0.2, 0) is 4.79 Å². The Labute approximate surface area is 103 Å². The monoisotopic (exact) mass is 234 g/mol. The van der Waals surface area contributed by atoms with E-state index in [2.05, 4.69) is 19.9 Å². The van der Waals surface area contributed by atoms with Gasteiger partial charge in [0.2, 0.25) is 0 Å². The second-order valence-electron chi connectivity index (χ2n) is 5.77. The second kappa shape index (κ2) is 4.77. The van der Waals surface area contributed by atoms with E-state index in [1.165, 1.54) is 5.57 Å². The van der Waals surface area contributed by atoms with Crippen LogP contribution in [0.15, 0.2) is 22.8 Å². The second-order valence-corrected chi connectivity index (χ2v) is 5.77. The van der Waals surface area contributed by atoms with Gasteiger partial charge in [0, 0.05) is 5.92 Å². The highest BCUT2D eigenvalue weighted by atomic mass is 16.3. The highest BCUT2D eigenvalue weighted by Gasteiger charge is 2.35. The molecule has 0 spiro atoms. The van der Waals surface area contributed by atoms with E-state index in [0.717, 1.165) is 30.3 Å². The lowest BCUT2D eigenvalue weighted by Gasteiger charge is -2.39. The lowest BCUT2D eigenvalue weighted by atomic mass is 9.66. The third kappa shape index (κ3) is 2.23. The maximum Gasteiger partial charge on any atom is 0.146 e. The Morgan fingerprint density at radius 2 is 2.18 bits per heavy atom. The van der Waals surface area contributed by atoms with Crippen LogP contribution in [0, 0.1) is 17.8 Å². The van der Waals surface area contributed by atoms with Crippen molar-refractivity contribution in [1.82, 2.24) is 0 Å². The lowest BCUT2D eigenvalue weighted by molar-refractivity contribution is -0.105. The van der Waals surface area contributed by atoms with E-state index in [1.54, 1.807) is 0 Å². The summed E-state index contributed by atoms with van der Waals surface area (Å²) < 4.78 is 0. The van der Waals surface area contributed by atoms with E-state index in [4.69, 9.17) is 0 Å². The molecule has 0 aromatic carbocycles. The quantitative estimate of drug-likeness (QED) is 0.589. The highest BCUT2D eigenvalue weighted by molar-refractivity contribution is 5.75. The molecule has 2 nitrogen and oxygen atoms in total. The minimum absolute atomic E-state index is 0.382. The summed E-state index contributed by atoms with van der Waals surface area (Å²) in [6.07, 6.45) is 5.45. The van der Waals surface area contributed by atoms with Gasteiger partial charge in [-0.25, -0.2) is 0 Å². The fourth-order valence-corrected chi connectivity index (χ4v) is 3.27. The Morgan fingerprint density at radius 1 is 1.47 bits per heavy atom. The molecule has 17 heavy (non-hydrogen) atoms. The number of fused-ring (bicyclic) bond motifs is 1. The zero-order chi connectivity index (χ0) is 12.6. The van der Waals surface area contributed by atoms with E-state index in [1.807, 2.05) is 6.92 Å². The average molecular weight is 234 g/mol. The highest BCUT2D eigenvalue weighted by Crippen LogP contribution is 2.44. The van der Waals surface area contributed by atoms with Crippen LogP contribution in [0.4, 0.5) is 0 Å². The fourth-order valence-electron chi connectivity index (χ4n) is 3.27.